The van der Waals surface area contributed by atoms with E-state index in [1.165, 1.54) is 6.07 Å². The minimum Gasteiger partial charge on any atom is -0.478 e. The number of aryl methyl sites for hydroxylation is 2. The van der Waals surface area contributed by atoms with Crippen molar-refractivity contribution >= 4 is 5.97 Å². The number of ether oxygens (including phenoxy) is 1. The molecule has 0 spiro atoms. The fourth-order valence-electron chi connectivity index (χ4n) is 1.29. The Hall–Kier alpha value is -1.65. The van der Waals surface area contributed by atoms with Gasteiger partial charge in [0.1, 0.15) is 5.75 Å². The van der Waals surface area contributed by atoms with Gasteiger partial charge in [0.15, 0.2) is 0 Å². The zero-order valence-corrected chi connectivity index (χ0v) is 8.25. The Morgan fingerprint density at radius 2 is 1.93 bits per heavy atom. The van der Waals surface area contributed by atoms with E-state index in [-0.39, 0.29) is 11.3 Å². The smallest absolute Gasteiger partial charge is 0.387 e. The van der Waals surface area contributed by atoms with Gasteiger partial charge in [-0.2, -0.15) is 8.78 Å². The van der Waals surface area contributed by atoms with Gasteiger partial charge in [-0.3, -0.25) is 0 Å². The molecule has 0 unspecified atom stereocenters. The lowest BCUT2D eigenvalue weighted by Gasteiger charge is -2.10. The van der Waals surface area contributed by atoms with E-state index in [0.29, 0.717) is 11.1 Å². The number of carbonyl (C=O) groups is 1. The summed E-state index contributed by atoms with van der Waals surface area (Å²) in [5.74, 6) is -1.26. The molecule has 0 aromatic heterocycles. The van der Waals surface area contributed by atoms with Crippen molar-refractivity contribution in [2.24, 2.45) is 0 Å². The first-order valence-corrected chi connectivity index (χ1v) is 4.21. The molecule has 0 aliphatic heterocycles. The summed E-state index contributed by atoms with van der Waals surface area (Å²) in [5.41, 5.74) is 0.968. The highest BCUT2D eigenvalue weighted by molar-refractivity contribution is 5.90. The molecule has 0 fully saturated rings. The van der Waals surface area contributed by atoms with E-state index in [1.807, 2.05) is 0 Å². The van der Waals surface area contributed by atoms with Gasteiger partial charge < -0.3 is 9.84 Å². The maximum absolute atomic E-state index is 12.0. The van der Waals surface area contributed by atoms with E-state index < -0.39 is 12.6 Å². The van der Waals surface area contributed by atoms with Crippen molar-refractivity contribution in [1.29, 1.82) is 0 Å². The monoisotopic (exact) mass is 216 g/mol. The molecule has 0 heterocycles. The second kappa shape index (κ2) is 4.25. The molecule has 1 aromatic rings. The van der Waals surface area contributed by atoms with Crippen LogP contribution in [0.15, 0.2) is 12.1 Å². The normalized spacial score (nSPS) is 10.5. The highest BCUT2D eigenvalue weighted by atomic mass is 19.3. The largest absolute Gasteiger partial charge is 0.478 e. The zero-order valence-electron chi connectivity index (χ0n) is 8.25. The van der Waals surface area contributed by atoms with Crippen LogP contribution in [0.5, 0.6) is 5.75 Å². The van der Waals surface area contributed by atoms with Crippen molar-refractivity contribution in [3.63, 3.8) is 0 Å². The lowest BCUT2D eigenvalue weighted by atomic mass is 10.0. The molecule has 0 saturated heterocycles. The van der Waals surface area contributed by atoms with Crippen LogP contribution in [0, 0.1) is 13.8 Å². The van der Waals surface area contributed by atoms with Crippen LogP contribution in [0.25, 0.3) is 0 Å². The van der Waals surface area contributed by atoms with Gasteiger partial charge in [-0.05, 0) is 31.0 Å². The van der Waals surface area contributed by atoms with E-state index in [0.717, 1.165) is 6.07 Å². The Morgan fingerprint density at radius 1 is 1.33 bits per heavy atom. The van der Waals surface area contributed by atoms with Gasteiger partial charge >= 0.3 is 12.6 Å². The van der Waals surface area contributed by atoms with Crippen molar-refractivity contribution < 1.29 is 23.4 Å². The Kier molecular flexibility index (Phi) is 3.24. The van der Waals surface area contributed by atoms with Gasteiger partial charge in [-0.25, -0.2) is 4.79 Å². The Bertz CT molecular complexity index is 388. The molecule has 1 rings (SSSR count). The number of benzene rings is 1. The van der Waals surface area contributed by atoms with Gasteiger partial charge in [0.05, 0.1) is 5.56 Å². The Morgan fingerprint density at radius 3 is 2.40 bits per heavy atom. The summed E-state index contributed by atoms with van der Waals surface area (Å²) in [5, 5.41) is 8.77. The van der Waals surface area contributed by atoms with Gasteiger partial charge in [0.25, 0.3) is 0 Å². The first-order valence-electron chi connectivity index (χ1n) is 4.21. The number of hydrogen-bond donors (Lipinski definition) is 1. The van der Waals surface area contributed by atoms with Crippen molar-refractivity contribution in [3.8, 4) is 5.75 Å². The lowest BCUT2D eigenvalue weighted by molar-refractivity contribution is -0.0503. The molecular weight excluding hydrogens is 206 g/mol. The number of rotatable bonds is 3. The number of carboxylic acid groups (broad SMARTS) is 1. The average molecular weight is 216 g/mol. The molecule has 0 aliphatic rings. The summed E-state index contributed by atoms with van der Waals surface area (Å²) in [4.78, 5) is 10.7. The summed E-state index contributed by atoms with van der Waals surface area (Å²) in [6, 6.07) is 2.61. The molecule has 0 bridgehead atoms. The molecular formula is C10H10F2O3. The third-order valence-corrected chi connectivity index (χ3v) is 1.97. The van der Waals surface area contributed by atoms with Crippen molar-refractivity contribution in [2.75, 3.05) is 0 Å². The van der Waals surface area contributed by atoms with E-state index in [9.17, 15) is 13.6 Å². The minimum absolute atomic E-state index is 0.0312. The number of halogens is 2. The molecule has 15 heavy (non-hydrogen) atoms. The van der Waals surface area contributed by atoms with Crippen LogP contribution in [0.1, 0.15) is 21.5 Å². The van der Waals surface area contributed by atoms with Crippen LogP contribution < -0.4 is 4.74 Å². The third-order valence-electron chi connectivity index (χ3n) is 1.97. The van der Waals surface area contributed by atoms with E-state index in [1.54, 1.807) is 13.8 Å². The van der Waals surface area contributed by atoms with Crippen LogP contribution in [-0.2, 0) is 0 Å². The lowest BCUT2D eigenvalue weighted by Crippen LogP contribution is -2.06. The Labute approximate surface area is 85.3 Å². The third kappa shape index (κ3) is 2.65. The minimum atomic E-state index is -2.95. The maximum Gasteiger partial charge on any atom is 0.387 e. The van der Waals surface area contributed by atoms with Gasteiger partial charge in [-0.15, -0.1) is 0 Å². The molecule has 0 radical (unpaired) electrons. The molecule has 82 valence electrons. The number of carboxylic acids is 1. The van der Waals surface area contributed by atoms with Crippen molar-refractivity contribution in [2.45, 2.75) is 20.5 Å². The van der Waals surface area contributed by atoms with Gasteiger partial charge in [0, 0.05) is 0 Å². The molecule has 0 atom stereocenters. The first kappa shape index (κ1) is 11.4. The fraction of sp³-hybridized carbons (Fsp3) is 0.300. The van der Waals surface area contributed by atoms with Crippen LogP contribution in [0.4, 0.5) is 8.78 Å². The zero-order chi connectivity index (χ0) is 11.6. The number of alkyl halides is 2. The van der Waals surface area contributed by atoms with Crippen LogP contribution >= 0.6 is 0 Å². The maximum atomic E-state index is 12.0. The van der Waals surface area contributed by atoms with Crippen molar-refractivity contribution in [3.05, 3.63) is 28.8 Å². The first-order chi connectivity index (χ1) is 6.91. The van der Waals surface area contributed by atoms with E-state index in [4.69, 9.17) is 5.11 Å². The molecule has 0 saturated carbocycles. The molecule has 3 nitrogen and oxygen atoms in total. The summed E-state index contributed by atoms with van der Waals surface area (Å²) >= 11 is 0. The van der Waals surface area contributed by atoms with Crippen LogP contribution in [0.2, 0.25) is 0 Å². The van der Waals surface area contributed by atoms with Gasteiger partial charge in [-0.1, -0.05) is 6.07 Å². The number of hydrogen-bond acceptors (Lipinski definition) is 2. The topological polar surface area (TPSA) is 46.5 Å². The second-order valence-corrected chi connectivity index (χ2v) is 3.12. The molecule has 0 amide bonds. The predicted molar refractivity (Wildman–Crippen MR) is 49.5 cm³/mol. The van der Waals surface area contributed by atoms with Gasteiger partial charge in [0.2, 0.25) is 0 Å². The Balaban J connectivity index is 3.17. The molecule has 1 aromatic carbocycles. The number of aromatic carboxylic acids is 1. The van der Waals surface area contributed by atoms with E-state index in [2.05, 4.69) is 4.74 Å². The molecule has 0 aliphatic carbocycles. The highest BCUT2D eigenvalue weighted by Gasteiger charge is 2.13. The van der Waals surface area contributed by atoms with Crippen LogP contribution in [-0.4, -0.2) is 17.7 Å². The fourth-order valence-corrected chi connectivity index (χ4v) is 1.29. The summed E-state index contributed by atoms with van der Waals surface area (Å²) in [6.07, 6.45) is 0. The van der Waals surface area contributed by atoms with Crippen molar-refractivity contribution in [1.82, 2.24) is 0 Å². The standard InChI is InChI=1S/C10H10F2O3/c1-5-3-6(2)8(15-10(11)12)4-7(5)9(13)14/h3-4,10H,1-2H3,(H,13,14). The summed E-state index contributed by atoms with van der Waals surface area (Å²) in [6.45, 7) is 0.229. The molecule has 1 N–H and O–H groups in total. The SMILES string of the molecule is Cc1cc(C)c(C(=O)O)cc1OC(F)F. The second-order valence-electron chi connectivity index (χ2n) is 3.12. The average Bonchev–Trinajstić information content (AvgIpc) is 2.08. The van der Waals surface area contributed by atoms with E-state index >= 15 is 0 Å². The summed E-state index contributed by atoms with van der Waals surface area (Å²) in [7, 11) is 0. The van der Waals surface area contributed by atoms with Crippen LogP contribution in [0.3, 0.4) is 0 Å². The molecule has 5 heteroatoms. The predicted octanol–water partition coefficient (Wildman–Crippen LogP) is 2.60. The highest BCUT2D eigenvalue weighted by Crippen LogP contribution is 2.24. The quantitative estimate of drug-likeness (QED) is 0.844. The summed E-state index contributed by atoms with van der Waals surface area (Å²) < 4.78 is 28.1.